The number of Topliss-reactive ketones (excluding diaryl/α,β-unsaturated/α-hetero) is 1. The molecule has 0 aromatic heterocycles. The van der Waals surface area contributed by atoms with Crippen LogP contribution in [-0.4, -0.2) is 25.5 Å². The summed E-state index contributed by atoms with van der Waals surface area (Å²) in [4.78, 5) is 24.9. The summed E-state index contributed by atoms with van der Waals surface area (Å²) >= 11 is 0. The SMILES string of the molecule is COc1ccc(CC(=O)OCC(=O)C23CC4CC(CC(C4)C2)C3)cc1F. The lowest BCUT2D eigenvalue weighted by atomic mass is 9.48. The Morgan fingerprint density at radius 1 is 1.12 bits per heavy atom. The molecule has 0 amide bonds. The molecule has 4 saturated carbocycles. The first-order chi connectivity index (χ1) is 12.5. The molecular formula is C21H25FO4. The molecule has 1 aromatic carbocycles. The van der Waals surface area contributed by atoms with E-state index in [0.717, 1.165) is 19.3 Å². The fourth-order valence-corrected chi connectivity index (χ4v) is 5.79. The van der Waals surface area contributed by atoms with Gasteiger partial charge in [0.25, 0.3) is 0 Å². The number of halogens is 1. The molecule has 0 heterocycles. The van der Waals surface area contributed by atoms with Crippen molar-refractivity contribution in [2.75, 3.05) is 13.7 Å². The van der Waals surface area contributed by atoms with E-state index in [1.54, 1.807) is 6.07 Å². The zero-order chi connectivity index (χ0) is 18.3. The molecule has 0 radical (unpaired) electrons. The predicted octanol–water partition coefficient (Wildman–Crippen LogP) is 3.71. The third-order valence-electron chi connectivity index (χ3n) is 6.56. The van der Waals surface area contributed by atoms with Gasteiger partial charge in [-0.2, -0.15) is 0 Å². The predicted molar refractivity (Wildman–Crippen MR) is 93.2 cm³/mol. The average molecular weight is 360 g/mol. The zero-order valence-electron chi connectivity index (χ0n) is 15.1. The number of hydrogen-bond donors (Lipinski definition) is 0. The van der Waals surface area contributed by atoms with Gasteiger partial charge in [-0.15, -0.1) is 0 Å². The maximum atomic E-state index is 13.7. The standard InChI is InChI=1S/C21H25FO4/c1-25-18-3-2-13(7-17(18)22)8-20(24)26-12-19(23)21-9-14-4-15(10-21)6-16(5-14)11-21/h2-3,7,14-16H,4-6,8-12H2,1H3. The van der Waals surface area contributed by atoms with Crippen molar-refractivity contribution in [2.45, 2.75) is 44.9 Å². The number of hydrogen-bond acceptors (Lipinski definition) is 4. The van der Waals surface area contributed by atoms with Crippen LogP contribution in [0.25, 0.3) is 0 Å². The molecule has 26 heavy (non-hydrogen) atoms. The van der Waals surface area contributed by atoms with Gasteiger partial charge >= 0.3 is 5.97 Å². The molecule has 1 aromatic rings. The number of ether oxygens (including phenoxy) is 2. The Bertz CT molecular complexity index is 691. The van der Waals surface area contributed by atoms with Crippen molar-refractivity contribution in [3.8, 4) is 5.75 Å². The summed E-state index contributed by atoms with van der Waals surface area (Å²) in [6, 6.07) is 4.38. The molecule has 4 bridgehead atoms. The van der Waals surface area contributed by atoms with Crippen LogP contribution >= 0.6 is 0 Å². The molecule has 4 aliphatic rings. The van der Waals surface area contributed by atoms with E-state index < -0.39 is 11.8 Å². The molecule has 0 aliphatic heterocycles. The number of benzene rings is 1. The Labute approximate surface area is 153 Å². The number of methoxy groups -OCH3 is 1. The summed E-state index contributed by atoms with van der Waals surface area (Å²) in [5.74, 6) is 1.27. The number of carbonyl (C=O) groups is 2. The molecular weight excluding hydrogens is 335 g/mol. The van der Waals surface area contributed by atoms with E-state index in [1.165, 1.54) is 38.5 Å². The van der Waals surface area contributed by atoms with Gasteiger partial charge in [-0.1, -0.05) is 6.07 Å². The highest BCUT2D eigenvalue weighted by Crippen LogP contribution is 2.60. The van der Waals surface area contributed by atoms with Crippen molar-refractivity contribution in [1.29, 1.82) is 0 Å². The van der Waals surface area contributed by atoms with Crippen LogP contribution in [0.2, 0.25) is 0 Å². The fraction of sp³-hybridized carbons (Fsp3) is 0.619. The molecule has 4 aliphatic carbocycles. The van der Waals surface area contributed by atoms with E-state index in [-0.39, 0.29) is 30.0 Å². The van der Waals surface area contributed by atoms with Gasteiger partial charge in [0.15, 0.2) is 24.0 Å². The Morgan fingerprint density at radius 3 is 2.27 bits per heavy atom. The van der Waals surface area contributed by atoms with E-state index in [0.29, 0.717) is 23.3 Å². The lowest BCUT2D eigenvalue weighted by Crippen LogP contribution is -2.51. The largest absolute Gasteiger partial charge is 0.494 e. The molecule has 0 unspecified atom stereocenters. The third kappa shape index (κ3) is 3.24. The molecule has 5 rings (SSSR count). The molecule has 4 fully saturated rings. The monoisotopic (exact) mass is 360 g/mol. The van der Waals surface area contributed by atoms with Gasteiger partial charge in [0.2, 0.25) is 0 Å². The number of esters is 1. The minimum absolute atomic E-state index is 0.0466. The van der Waals surface area contributed by atoms with E-state index >= 15 is 0 Å². The van der Waals surface area contributed by atoms with Crippen molar-refractivity contribution >= 4 is 11.8 Å². The van der Waals surface area contributed by atoms with Crippen molar-refractivity contribution < 1.29 is 23.5 Å². The maximum absolute atomic E-state index is 13.7. The topological polar surface area (TPSA) is 52.6 Å². The lowest BCUT2D eigenvalue weighted by Gasteiger charge is -2.55. The first-order valence-electron chi connectivity index (χ1n) is 9.49. The van der Waals surface area contributed by atoms with Crippen LogP contribution in [0, 0.1) is 29.0 Å². The van der Waals surface area contributed by atoms with Crippen LogP contribution < -0.4 is 4.74 Å². The van der Waals surface area contributed by atoms with Crippen LogP contribution in [0.1, 0.15) is 44.1 Å². The first-order valence-corrected chi connectivity index (χ1v) is 9.49. The molecule has 140 valence electrons. The van der Waals surface area contributed by atoms with Gasteiger partial charge in [-0.05, 0) is 74.0 Å². The van der Waals surface area contributed by atoms with E-state index in [1.807, 2.05) is 0 Å². The highest BCUT2D eigenvalue weighted by Gasteiger charge is 2.54. The second kappa shape index (κ2) is 6.67. The Kier molecular flexibility index (Phi) is 4.49. The molecule has 0 spiro atoms. The van der Waals surface area contributed by atoms with Gasteiger partial charge < -0.3 is 9.47 Å². The Balaban J connectivity index is 1.33. The highest BCUT2D eigenvalue weighted by molar-refractivity contribution is 5.88. The van der Waals surface area contributed by atoms with E-state index in [9.17, 15) is 14.0 Å². The van der Waals surface area contributed by atoms with Crippen molar-refractivity contribution in [2.24, 2.45) is 23.2 Å². The van der Waals surface area contributed by atoms with Crippen LogP contribution in [0.5, 0.6) is 5.75 Å². The molecule has 4 nitrogen and oxygen atoms in total. The molecule has 0 atom stereocenters. The van der Waals surface area contributed by atoms with Crippen LogP contribution in [0.4, 0.5) is 4.39 Å². The minimum atomic E-state index is -0.512. The maximum Gasteiger partial charge on any atom is 0.310 e. The summed E-state index contributed by atoms with van der Waals surface area (Å²) in [5.41, 5.74) is 0.261. The smallest absolute Gasteiger partial charge is 0.310 e. The number of ketones is 1. The van der Waals surface area contributed by atoms with Gasteiger partial charge in [0.1, 0.15) is 0 Å². The van der Waals surface area contributed by atoms with Crippen molar-refractivity contribution in [3.05, 3.63) is 29.6 Å². The van der Waals surface area contributed by atoms with Crippen molar-refractivity contribution in [3.63, 3.8) is 0 Å². The molecule has 0 N–H and O–H groups in total. The normalized spacial score (nSPS) is 31.7. The Morgan fingerprint density at radius 2 is 1.73 bits per heavy atom. The number of carbonyl (C=O) groups excluding carboxylic acids is 2. The summed E-state index contributed by atoms with van der Waals surface area (Å²) < 4.78 is 23.8. The second-order valence-corrected chi connectivity index (χ2v) is 8.43. The van der Waals surface area contributed by atoms with Crippen LogP contribution in [-0.2, 0) is 20.7 Å². The van der Waals surface area contributed by atoms with Crippen LogP contribution in [0.15, 0.2) is 18.2 Å². The third-order valence-corrected chi connectivity index (χ3v) is 6.56. The Hall–Kier alpha value is -1.91. The summed E-state index contributed by atoms with van der Waals surface area (Å²) in [7, 11) is 1.39. The zero-order valence-corrected chi connectivity index (χ0v) is 15.1. The first kappa shape index (κ1) is 17.5. The summed E-state index contributed by atoms with van der Waals surface area (Å²) in [6.45, 7) is -0.149. The van der Waals surface area contributed by atoms with Crippen molar-refractivity contribution in [1.82, 2.24) is 0 Å². The van der Waals surface area contributed by atoms with Crippen LogP contribution in [0.3, 0.4) is 0 Å². The molecule has 0 saturated heterocycles. The van der Waals surface area contributed by atoms with E-state index in [2.05, 4.69) is 0 Å². The minimum Gasteiger partial charge on any atom is -0.494 e. The van der Waals surface area contributed by atoms with Gasteiger partial charge in [0.05, 0.1) is 13.5 Å². The molecule has 5 heteroatoms. The fourth-order valence-electron chi connectivity index (χ4n) is 5.79. The lowest BCUT2D eigenvalue weighted by molar-refractivity contribution is -0.157. The van der Waals surface area contributed by atoms with Gasteiger partial charge in [0, 0.05) is 5.41 Å². The summed E-state index contributed by atoms with van der Waals surface area (Å²) in [6.07, 6.45) is 6.69. The van der Waals surface area contributed by atoms with Gasteiger partial charge in [-0.25, -0.2) is 4.39 Å². The second-order valence-electron chi connectivity index (χ2n) is 8.43. The quantitative estimate of drug-likeness (QED) is 0.726. The summed E-state index contributed by atoms with van der Waals surface area (Å²) in [5, 5.41) is 0. The highest BCUT2D eigenvalue weighted by atomic mass is 19.1. The van der Waals surface area contributed by atoms with Gasteiger partial charge in [-0.3, -0.25) is 9.59 Å². The number of rotatable bonds is 6. The average Bonchev–Trinajstić information content (AvgIpc) is 2.58. The van der Waals surface area contributed by atoms with E-state index in [4.69, 9.17) is 9.47 Å².